The SMILES string of the molecule is CCCS(=O)(=O)N1CC[C@@H]2OCC[C@H](C(=O)NC)[C@@H]2C1. The topological polar surface area (TPSA) is 75.7 Å². The number of carbonyl (C=O) groups excluding carboxylic acids is 1. The fourth-order valence-electron chi connectivity index (χ4n) is 3.23. The summed E-state index contributed by atoms with van der Waals surface area (Å²) in [7, 11) is -1.57. The van der Waals surface area contributed by atoms with Crippen molar-refractivity contribution in [2.45, 2.75) is 32.3 Å². The van der Waals surface area contributed by atoms with Gasteiger partial charge in [0.05, 0.1) is 11.9 Å². The van der Waals surface area contributed by atoms with Crippen LogP contribution in [0.15, 0.2) is 0 Å². The van der Waals surface area contributed by atoms with Crippen molar-refractivity contribution < 1.29 is 17.9 Å². The van der Waals surface area contributed by atoms with Crippen LogP contribution in [0, 0.1) is 11.8 Å². The molecule has 2 saturated heterocycles. The number of amides is 1. The minimum Gasteiger partial charge on any atom is -0.378 e. The zero-order valence-electron chi connectivity index (χ0n) is 12.2. The lowest BCUT2D eigenvalue weighted by molar-refractivity contribution is -0.139. The number of nitrogens with zero attached hydrogens (tertiary/aromatic N) is 1. The Balaban J connectivity index is 2.12. The minimum absolute atomic E-state index is 0.00182. The zero-order valence-corrected chi connectivity index (χ0v) is 13.0. The summed E-state index contributed by atoms with van der Waals surface area (Å²) < 4.78 is 31.7. The summed E-state index contributed by atoms with van der Waals surface area (Å²) >= 11 is 0. The molecule has 6 nitrogen and oxygen atoms in total. The van der Waals surface area contributed by atoms with Crippen molar-refractivity contribution >= 4 is 15.9 Å². The van der Waals surface area contributed by atoms with E-state index in [1.807, 2.05) is 6.92 Å². The van der Waals surface area contributed by atoms with E-state index in [0.717, 1.165) is 0 Å². The van der Waals surface area contributed by atoms with Gasteiger partial charge in [-0.1, -0.05) is 6.92 Å². The molecule has 0 aromatic rings. The van der Waals surface area contributed by atoms with E-state index in [1.54, 1.807) is 11.4 Å². The summed E-state index contributed by atoms with van der Waals surface area (Å²) in [6, 6.07) is 0. The Kier molecular flexibility index (Phi) is 5.04. The van der Waals surface area contributed by atoms with E-state index in [4.69, 9.17) is 4.74 Å². The Morgan fingerprint density at radius 2 is 2.15 bits per heavy atom. The summed E-state index contributed by atoms with van der Waals surface area (Å²) in [4.78, 5) is 12.0. The lowest BCUT2D eigenvalue weighted by atomic mass is 9.79. The molecule has 1 N–H and O–H groups in total. The number of fused-ring (bicyclic) bond motifs is 1. The summed E-state index contributed by atoms with van der Waals surface area (Å²) in [5.41, 5.74) is 0. The maximum absolute atomic E-state index is 12.2. The first-order valence-electron chi connectivity index (χ1n) is 7.30. The molecule has 0 unspecified atom stereocenters. The van der Waals surface area contributed by atoms with Crippen LogP contribution >= 0.6 is 0 Å². The second kappa shape index (κ2) is 6.41. The summed E-state index contributed by atoms with van der Waals surface area (Å²) in [6.45, 7) is 3.36. The predicted molar refractivity (Wildman–Crippen MR) is 75.7 cm³/mol. The van der Waals surface area contributed by atoms with E-state index in [9.17, 15) is 13.2 Å². The molecule has 3 atom stereocenters. The third kappa shape index (κ3) is 3.15. The van der Waals surface area contributed by atoms with Crippen molar-refractivity contribution in [2.24, 2.45) is 11.8 Å². The van der Waals surface area contributed by atoms with Crippen LogP contribution in [0.3, 0.4) is 0 Å². The highest BCUT2D eigenvalue weighted by Gasteiger charge is 2.43. The summed E-state index contributed by atoms with van der Waals surface area (Å²) in [5, 5.41) is 2.68. The number of nitrogens with one attached hydrogen (secondary N) is 1. The van der Waals surface area contributed by atoms with Crippen LogP contribution in [-0.4, -0.2) is 57.2 Å². The molecule has 0 spiro atoms. The highest BCUT2D eigenvalue weighted by atomic mass is 32.2. The molecule has 2 heterocycles. The van der Waals surface area contributed by atoms with Crippen molar-refractivity contribution in [1.29, 1.82) is 0 Å². The Labute approximate surface area is 120 Å². The monoisotopic (exact) mass is 304 g/mol. The van der Waals surface area contributed by atoms with Gasteiger partial charge >= 0.3 is 0 Å². The molecule has 0 aliphatic carbocycles. The number of hydrogen-bond acceptors (Lipinski definition) is 4. The van der Waals surface area contributed by atoms with Crippen molar-refractivity contribution in [1.82, 2.24) is 9.62 Å². The van der Waals surface area contributed by atoms with Gasteiger partial charge in [0, 0.05) is 38.6 Å². The molecule has 2 fully saturated rings. The Morgan fingerprint density at radius 1 is 1.40 bits per heavy atom. The quantitative estimate of drug-likeness (QED) is 0.805. The first kappa shape index (κ1) is 15.7. The van der Waals surface area contributed by atoms with Crippen molar-refractivity contribution in [2.75, 3.05) is 32.5 Å². The maximum Gasteiger partial charge on any atom is 0.223 e. The normalized spacial score (nSPS) is 31.6. The van der Waals surface area contributed by atoms with Crippen LogP contribution in [-0.2, 0) is 19.6 Å². The third-order valence-corrected chi connectivity index (χ3v) is 6.31. The first-order chi connectivity index (χ1) is 9.49. The molecule has 2 aliphatic rings. The van der Waals surface area contributed by atoms with E-state index in [1.165, 1.54) is 0 Å². The molecule has 1 amide bonds. The molecule has 0 aromatic heterocycles. The van der Waals surface area contributed by atoms with E-state index >= 15 is 0 Å². The molecule has 20 heavy (non-hydrogen) atoms. The van der Waals surface area contributed by atoms with Crippen molar-refractivity contribution in [3.63, 3.8) is 0 Å². The van der Waals surface area contributed by atoms with Gasteiger partial charge < -0.3 is 10.1 Å². The number of carbonyl (C=O) groups is 1. The Bertz CT molecular complexity index is 451. The second-order valence-corrected chi connectivity index (χ2v) is 7.63. The average Bonchev–Trinajstić information content (AvgIpc) is 2.45. The fraction of sp³-hybridized carbons (Fsp3) is 0.923. The smallest absolute Gasteiger partial charge is 0.223 e. The van der Waals surface area contributed by atoms with Crippen LogP contribution in [0.1, 0.15) is 26.2 Å². The number of sulfonamides is 1. The van der Waals surface area contributed by atoms with Crippen LogP contribution in [0.4, 0.5) is 0 Å². The predicted octanol–water partition coefficient (Wildman–Crippen LogP) is 0.199. The van der Waals surface area contributed by atoms with Gasteiger partial charge in [0.1, 0.15) is 0 Å². The highest BCUT2D eigenvalue weighted by molar-refractivity contribution is 7.89. The van der Waals surface area contributed by atoms with E-state index < -0.39 is 10.0 Å². The second-order valence-electron chi connectivity index (χ2n) is 5.55. The fourth-order valence-corrected chi connectivity index (χ4v) is 4.79. The van der Waals surface area contributed by atoms with E-state index in [-0.39, 0.29) is 29.6 Å². The molecule has 0 bridgehead atoms. The van der Waals surface area contributed by atoms with Crippen LogP contribution in [0.5, 0.6) is 0 Å². The van der Waals surface area contributed by atoms with E-state index in [0.29, 0.717) is 39.0 Å². The number of hydrogen-bond donors (Lipinski definition) is 1. The van der Waals surface area contributed by atoms with E-state index in [2.05, 4.69) is 5.32 Å². The molecule has 2 aliphatic heterocycles. The van der Waals surface area contributed by atoms with Gasteiger partial charge in [0.25, 0.3) is 0 Å². The first-order valence-corrected chi connectivity index (χ1v) is 8.91. The molecule has 0 radical (unpaired) electrons. The van der Waals surface area contributed by atoms with Gasteiger partial charge in [-0.05, 0) is 19.3 Å². The molecular formula is C13H24N2O4S. The largest absolute Gasteiger partial charge is 0.378 e. The Hall–Kier alpha value is -0.660. The molecule has 7 heteroatoms. The number of ether oxygens (including phenoxy) is 1. The molecular weight excluding hydrogens is 280 g/mol. The van der Waals surface area contributed by atoms with Gasteiger partial charge in [-0.25, -0.2) is 12.7 Å². The van der Waals surface area contributed by atoms with Gasteiger partial charge in [-0.3, -0.25) is 4.79 Å². The summed E-state index contributed by atoms with van der Waals surface area (Å²) in [5.74, 6) is 0.0103. The third-order valence-electron chi connectivity index (χ3n) is 4.27. The average molecular weight is 304 g/mol. The molecule has 0 saturated carbocycles. The van der Waals surface area contributed by atoms with Gasteiger partial charge in [-0.2, -0.15) is 0 Å². The van der Waals surface area contributed by atoms with Crippen LogP contribution in [0.25, 0.3) is 0 Å². The molecule has 116 valence electrons. The maximum atomic E-state index is 12.2. The molecule has 2 rings (SSSR count). The number of rotatable bonds is 4. The minimum atomic E-state index is -3.19. The lowest BCUT2D eigenvalue weighted by Crippen LogP contribution is -2.54. The molecule has 0 aromatic carbocycles. The number of piperidine rings is 1. The standard InChI is InChI=1S/C13H24N2O4S/c1-3-8-20(17,18)15-6-4-12-11(9-15)10(5-7-19-12)13(16)14-2/h10-12H,3-9H2,1-2H3,(H,14,16)/t10-,11-,12-/m0/s1. The van der Waals surface area contributed by atoms with Gasteiger partial charge in [0.2, 0.25) is 15.9 Å². The van der Waals surface area contributed by atoms with Gasteiger partial charge in [0.15, 0.2) is 0 Å². The lowest BCUT2D eigenvalue weighted by Gasteiger charge is -2.43. The summed E-state index contributed by atoms with van der Waals surface area (Å²) in [6.07, 6.45) is 1.98. The van der Waals surface area contributed by atoms with Gasteiger partial charge in [-0.15, -0.1) is 0 Å². The highest BCUT2D eigenvalue weighted by Crippen LogP contribution is 2.34. The van der Waals surface area contributed by atoms with Crippen LogP contribution in [0.2, 0.25) is 0 Å². The van der Waals surface area contributed by atoms with Crippen molar-refractivity contribution in [3.8, 4) is 0 Å². The van der Waals surface area contributed by atoms with Crippen LogP contribution < -0.4 is 5.32 Å². The Morgan fingerprint density at radius 3 is 2.80 bits per heavy atom. The zero-order chi connectivity index (χ0) is 14.8. The van der Waals surface area contributed by atoms with Crippen molar-refractivity contribution in [3.05, 3.63) is 0 Å².